The maximum absolute atomic E-state index is 10.7. The molecule has 1 atom stereocenters. The van der Waals surface area contributed by atoms with Crippen LogP contribution in [0, 0.1) is 0 Å². The molecule has 1 unspecified atom stereocenters. The van der Waals surface area contributed by atoms with Gasteiger partial charge >= 0.3 is 0 Å². The summed E-state index contributed by atoms with van der Waals surface area (Å²) in [5, 5.41) is 0. The number of hydrogen-bond donors (Lipinski definition) is 1. The van der Waals surface area contributed by atoms with Crippen LogP contribution in [-0.4, -0.2) is 30.4 Å². The zero-order valence-corrected chi connectivity index (χ0v) is 6.15. The average molecular weight is 151 g/mol. The number of likely N-dealkylation sites (N-methyl/N-ethyl adjacent to an activating group) is 1. The standard InChI is InChI=1S/C5H10N2O.ClH/c1-7-3-2-4(6)5(7)8;/h4H,2-3,6H2,1H3;1H. The van der Waals surface area contributed by atoms with Crippen LogP contribution in [0.15, 0.2) is 0 Å². The van der Waals surface area contributed by atoms with E-state index < -0.39 is 0 Å². The van der Waals surface area contributed by atoms with Crippen molar-refractivity contribution in [2.75, 3.05) is 13.6 Å². The van der Waals surface area contributed by atoms with Crippen LogP contribution >= 0.6 is 12.4 Å². The monoisotopic (exact) mass is 150 g/mol. The van der Waals surface area contributed by atoms with Crippen LogP contribution in [0.4, 0.5) is 0 Å². The molecule has 1 rings (SSSR count). The smallest absolute Gasteiger partial charge is 0.239 e. The molecule has 1 amide bonds. The minimum Gasteiger partial charge on any atom is -0.344 e. The molecule has 0 bridgehead atoms. The van der Waals surface area contributed by atoms with Crippen molar-refractivity contribution >= 4 is 18.3 Å². The van der Waals surface area contributed by atoms with Crippen molar-refractivity contribution < 1.29 is 4.79 Å². The molecule has 0 aromatic carbocycles. The highest BCUT2D eigenvalue weighted by Crippen LogP contribution is 2.04. The molecule has 1 fully saturated rings. The molecule has 0 aromatic heterocycles. The highest BCUT2D eigenvalue weighted by atomic mass is 35.5. The van der Waals surface area contributed by atoms with E-state index in [0.717, 1.165) is 13.0 Å². The molecule has 3 nitrogen and oxygen atoms in total. The van der Waals surface area contributed by atoms with Gasteiger partial charge in [0.1, 0.15) is 0 Å². The zero-order chi connectivity index (χ0) is 6.15. The molecule has 0 saturated carbocycles. The lowest BCUT2D eigenvalue weighted by Gasteiger charge is -2.05. The second-order valence-electron chi connectivity index (χ2n) is 2.15. The molecule has 54 valence electrons. The van der Waals surface area contributed by atoms with E-state index in [4.69, 9.17) is 5.73 Å². The summed E-state index contributed by atoms with van der Waals surface area (Å²) < 4.78 is 0. The molecule has 2 N–H and O–H groups in total. The van der Waals surface area contributed by atoms with Crippen LogP contribution in [0.1, 0.15) is 6.42 Å². The second-order valence-corrected chi connectivity index (χ2v) is 2.15. The quantitative estimate of drug-likeness (QED) is 0.511. The number of carbonyl (C=O) groups excluding carboxylic acids is 1. The minimum absolute atomic E-state index is 0. The first kappa shape index (κ1) is 8.72. The molecule has 0 aromatic rings. The van der Waals surface area contributed by atoms with Crippen LogP contribution < -0.4 is 5.73 Å². The summed E-state index contributed by atoms with van der Waals surface area (Å²) in [7, 11) is 1.77. The number of carbonyl (C=O) groups is 1. The number of nitrogens with two attached hydrogens (primary N) is 1. The largest absolute Gasteiger partial charge is 0.344 e. The van der Waals surface area contributed by atoms with Crippen molar-refractivity contribution in [3.8, 4) is 0 Å². The normalized spacial score (nSPS) is 26.2. The summed E-state index contributed by atoms with van der Waals surface area (Å²) in [5.74, 6) is 0.0741. The summed E-state index contributed by atoms with van der Waals surface area (Å²) in [6.45, 7) is 0.819. The van der Waals surface area contributed by atoms with Gasteiger partial charge in [-0.25, -0.2) is 0 Å². The maximum Gasteiger partial charge on any atom is 0.239 e. The summed E-state index contributed by atoms with van der Waals surface area (Å²) in [6.07, 6.45) is 0.815. The van der Waals surface area contributed by atoms with Gasteiger partial charge in [0.25, 0.3) is 0 Å². The fourth-order valence-corrected chi connectivity index (χ4v) is 0.849. The zero-order valence-electron chi connectivity index (χ0n) is 5.33. The topological polar surface area (TPSA) is 46.3 Å². The van der Waals surface area contributed by atoms with E-state index >= 15 is 0 Å². The van der Waals surface area contributed by atoms with Crippen molar-refractivity contribution in [3.63, 3.8) is 0 Å². The highest BCUT2D eigenvalue weighted by Gasteiger charge is 2.24. The lowest BCUT2D eigenvalue weighted by Crippen LogP contribution is -2.31. The molecule has 1 saturated heterocycles. The Morgan fingerprint density at radius 3 is 2.44 bits per heavy atom. The minimum atomic E-state index is -0.222. The predicted molar refractivity (Wildman–Crippen MR) is 37.5 cm³/mol. The first-order chi connectivity index (χ1) is 3.72. The Labute approximate surface area is 60.6 Å². The molecule has 0 aliphatic carbocycles. The van der Waals surface area contributed by atoms with Crippen molar-refractivity contribution in [1.82, 2.24) is 4.90 Å². The third kappa shape index (κ3) is 1.56. The number of likely N-dealkylation sites (tertiary alicyclic amines) is 1. The molecule has 0 radical (unpaired) electrons. The Hall–Kier alpha value is -0.280. The van der Waals surface area contributed by atoms with Crippen molar-refractivity contribution in [1.29, 1.82) is 0 Å². The van der Waals surface area contributed by atoms with Gasteiger partial charge in [0.05, 0.1) is 6.04 Å². The number of rotatable bonds is 0. The van der Waals surface area contributed by atoms with Gasteiger partial charge in [-0.2, -0.15) is 0 Å². The lowest BCUT2D eigenvalue weighted by atomic mass is 10.3. The Balaban J connectivity index is 0.000000640. The summed E-state index contributed by atoms with van der Waals surface area (Å²) in [5.41, 5.74) is 5.38. The van der Waals surface area contributed by atoms with E-state index in [2.05, 4.69) is 0 Å². The SMILES string of the molecule is CN1CCC(N)C1=O.Cl. The molecular weight excluding hydrogens is 140 g/mol. The number of hydrogen-bond acceptors (Lipinski definition) is 2. The fraction of sp³-hybridized carbons (Fsp3) is 0.800. The van der Waals surface area contributed by atoms with E-state index in [9.17, 15) is 4.79 Å². The van der Waals surface area contributed by atoms with Crippen LogP contribution in [0.25, 0.3) is 0 Å². The molecule has 4 heteroatoms. The Morgan fingerprint density at radius 2 is 2.33 bits per heavy atom. The first-order valence-electron chi connectivity index (χ1n) is 2.72. The lowest BCUT2D eigenvalue weighted by molar-refractivity contribution is -0.127. The highest BCUT2D eigenvalue weighted by molar-refractivity contribution is 5.85. The Morgan fingerprint density at radius 1 is 1.78 bits per heavy atom. The molecule has 9 heavy (non-hydrogen) atoms. The van der Waals surface area contributed by atoms with Gasteiger partial charge in [0, 0.05) is 13.6 Å². The van der Waals surface area contributed by atoms with Crippen LogP contribution in [0.3, 0.4) is 0 Å². The van der Waals surface area contributed by atoms with Crippen molar-refractivity contribution in [2.45, 2.75) is 12.5 Å². The van der Waals surface area contributed by atoms with Crippen LogP contribution in [0.2, 0.25) is 0 Å². The van der Waals surface area contributed by atoms with E-state index in [-0.39, 0.29) is 24.4 Å². The number of amides is 1. The van der Waals surface area contributed by atoms with Gasteiger partial charge in [-0.1, -0.05) is 0 Å². The van der Waals surface area contributed by atoms with Gasteiger partial charge in [0.15, 0.2) is 0 Å². The number of halogens is 1. The van der Waals surface area contributed by atoms with Gasteiger partial charge < -0.3 is 10.6 Å². The second kappa shape index (κ2) is 3.03. The van der Waals surface area contributed by atoms with Crippen molar-refractivity contribution in [3.05, 3.63) is 0 Å². The van der Waals surface area contributed by atoms with Crippen molar-refractivity contribution in [2.24, 2.45) is 5.73 Å². The van der Waals surface area contributed by atoms with Gasteiger partial charge in [-0.05, 0) is 6.42 Å². The number of nitrogens with zero attached hydrogens (tertiary/aromatic N) is 1. The summed E-state index contributed by atoms with van der Waals surface area (Å²) in [4.78, 5) is 12.4. The van der Waals surface area contributed by atoms with E-state index in [1.165, 1.54) is 0 Å². The molecule has 0 spiro atoms. The van der Waals surface area contributed by atoms with Crippen LogP contribution in [0.5, 0.6) is 0 Å². The predicted octanol–water partition coefficient (Wildman–Crippen LogP) is -0.402. The fourth-order valence-electron chi connectivity index (χ4n) is 0.849. The molecule has 1 aliphatic rings. The summed E-state index contributed by atoms with van der Waals surface area (Å²) in [6, 6.07) is -0.222. The molecular formula is C5H11ClN2O. The van der Waals surface area contributed by atoms with E-state index in [1.54, 1.807) is 11.9 Å². The Kier molecular flexibility index (Phi) is 2.94. The first-order valence-corrected chi connectivity index (χ1v) is 2.72. The van der Waals surface area contributed by atoms with E-state index in [1.807, 2.05) is 0 Å². The Bertz CT molecular complexity index is 106. The third-order valence-corrected chi connectivity index (χ3v) is 1.47. The summed E-state index contributed by atoms with van der Waals surface area (Å²) >= 11 is 0. The van der Waals surface area contributed by atoms with Crippen LogP contribution in [-0.2, 0) is 4.79 Å². The van der Waals surface area contributed by atoms with Gasteiger partial charge in [-0.15, -0.1) is 12.4 Å². The molecule has 1 heterocycles. The van der Waals surface area contributed by atoms with Gasteiger partial charge in [-0.3, -0.25) is 4.79 Å². The average Bonchev–Trinajstić information content (AvgIpc) is 1.98. The maximum atomic E-state index is 10.7. The molecule has 1 aliphatic heterocycles. The third-order valence-electron chi connectivity index (χ3n) is 1.47. The van der Waals surface area contributed by atoms with E-state index in [0.29, 0.717) is 0 Å². The van der Waals surface area contributed by atoms with Gasteiger partial charge in [0.2, 0.25) is 5.91 Å².